The summed E-state index contributed by atoms with van der Waals surface area (Å²) in [6, 6.07) is 19.5. The van der Waals surface area contributed by atoms with Crippen LogP contribution in [0.1, 0.15) is 23.2 Å². The third-order valence-electron chi connectivity index (χ3n) is 6.08. The molecule has 0 atom stereocenters. The Labute approximate surface area is 183 Å². The van der Waals surface area contributed by atoms with Gasteiger partial charge in [-0.3, -0.25) is 14.5 Å². The molecule has 0 unspecified atom stereocenters. The van der Waals surface area contributed by atoms with Crippen molar-refractivity contribution >= 4 is 22.5 Å². The van der Waals surface area contributed by atoms with Crippen LogP contribution in [0.5, 0.6) is 0 Å². The van der Waals surface area contributed by atoms with Crippen molar-refractivity contribution < 1.29 is 4.79 Å². The molecular weight excluding hydrogens is 388 g/mol. The van der Waals surface area contributed by atoms with Gasteiger partial charge in [-0.05, 0) is 37.6 Å². The molecule has 0 aliphatic carbocycles. The van der Waals surface area contributed by atoms with Crippen molar-refractivity contribution in [3.63, 3.8) is 0 Å². The number of amides is 1. The minimum Gasteiger partial charge on any atom is -0.369 e. The number of piperazine rings is 1. The summed E-state index contributed by atoms with van der Waals surface area (Å²) in [5.41, 5.74) is 2.36. The largest absolute Gasteiger partial charge is 0.369 e. The third-order valence-corrected chi connectivity index (χ3v) is 6.08. The van der Waals surface area contributed by atoms with Crippen molar-refractivity contribution in [2.45, 2.75) is 12.8 Å². The zero-order valence-corrected chi connectivity index (χ0v) is 18.1. The molecule has 2 heterocycles. The summed E-state index contributed by atoms with van der Waals surface area (Å²) in [4.78, 5) is 29.8. The molecule has 162 valence electrons. The van der Waals surface area contributed by atoms with Crippen LogP contribution < -0.4 is 15.8 Å². The molecule has 1 N–H and O–H groups in total. The SMILES string of the molecule is Cn1c(=O)cc(C(=O)NCCCCN2CCN(c3ccccc3)CC2)c2ccccc21. The van der Waals surface area contributed by atoms with E-state index in [1.807, 2.05) is 24.3 Å². The summed E-state index contributed by atoms with van der Waals surface area (Å²) in [6.45, 7) is 5.91. The van der Waals surface area contributed by atoms with Gasteiger partial charge in [-0.1, -0.05) is 36.4 Å². The highest BCUT2D eigenvalue weighted by atomic mass is 16.2. The van der Waals surface area contributed by atoms with E-state index in [-0.39, 0.29) is 11.5 Å². The van der Waals surface area contributed by atoms with Gasteiger partial charge in [0.15, 0.2) is 0 Å². The topological polar surface area (TPSA) is 57.6 Å². The third kappa shape index (κ3) is 4.97. The average Bonchev–Trinajstić information content (AvgIpc) is 2.82. The van der Waals surface area contributed by atoms with E-state index in [2.05, 4.69) is 45.4 Å². The number of aromatic nitrogens is 1. The minimum atomic E-state index is -0.176. The van der Waals surface area contributed by atoms with Crippen LogP contribution in [0, 0.1) is 0 Å². The number of anilines is 1. The van der Waals surface area contributed by atoms with E-state index in [9.17, 15) is 9.59 Å². The number of nitrogens with zero attached hydrogens (tertiary/aromatic N) is 3. The Morgan fingerprint density at radius 2 is 1.65 bits per heavy atom. The molecule has 1 aliphatic rings. The van der Waals surface area contributed by atoms with E-state index in [4.69, 9.17) is 0 Å². The Kier molecular flexibility index (Phi) is 6.67. The lowest BCUT2D eigenvalue weighted by atomic mass is 10.1. The summed E-state index contributed by atoms with van der Waals surface area (Å²) >= 11 is 0. The Morgan fingerprint density at radius 3 is 2.42 bits per heavy atom. The molecule has 3 aromatic rings. The summed E-state index contributed by atoms with van der Waals surface area (Å²) in [7, 11) is 1.73. The van der Waals surface area contributed by atoms with Crippen molar-refractivity contribution in [2.24, 2.45) is 7.05 Å². The highest BCUT2D eigenvalue weighted by Crippen LogP contribution is 2.17. The molecule has 6 heteroatoms. The van der Waals surface area contributed by atoms with Crippen molar-refractivity contribution in [3.8, 4) is 0 Å². The number of hydrogen-bond donors (Lipinski definition) is 1. The number of rotatable bonds is 7. The number of unbranched alkanes of at least 4 members (excludes halogenated alkanes) is 1. The van der Waals surface area contributed by atoms with Crippen LogP contribution in [0.25, 0.3) is 10.9 Å². The van der Waals surface area contributed by atoms with Crippen LogP contribution in [-0.4, -0.2) is 54.6 Å². The first-order valence-electron chi connectivity index (χ1n) is 11.0. The number of pyridine rings is 1. The molecule has 1 aromatic heterocycles. The number of nitrogens with one attached hydrogen (secondary N) is 1. The monoisotopic (exact) mass is 418 g/mol. The maximum absolute atomic E-state index is 12.7. The van der Waals surface area contributed by atoms with Crippen LogP contribution >= 0.6 is 0 Å². The second-order valence-corrected chi connectivity index (χ2v) is 8.10. The smallest absolute Gasteiger partial charge is 0.252 e. The van der Waals surface area contributed by atoms with E-state index in [0.29, 0.717) is 12.1 Å². The highest BCUT2D eigenvalue weighted by Gasteiger charge is 2.17. The lowest BCUT2D eigenvalue weighted by Gasteiger charge is -2.36. The first-order chi connectivity index (χ1) is 15.1. The molecule has 0 bridgehead atoms. The zero-order chi connectivity index (χ0) is 21.6. The quantitative estimate of drug-likeness (QED) is 0.600. The fraction of sp³-hybridized carbons (Fsp3) is 0.360. The number of carbonyl (C=O) groups excluding carboxylic acids is 1. The lowest BCUT2D eigenvalue weighted by molar-refractivity contribution is 0.0954. The fourth-order valence-electron chi connectivity index (χ4n) is 4.22. The van der Waals surface area contributed by atoms with Gasteiger partial charge in [-0.25, -0.2) is 0 Å². The maximum atomic E-state index is 12.7. The molecule has 31 heavy (non-hydrogen) atoms. The Bertz CT molecular complexity index is 1090. The molecule has 1 amide bonds. The number of para-hydroxylation sites is 2. The van der Waals surface area contributed by atoms with E-state index in [1.165, 1.54) is 11.8 Å². The summed E-state index contributed by atoms with van der Waals surface area (Å²) in [5.74, 6) is -0.176. The van der Waals surface area contributed by atoms with Crippen LogP contribution in [0.15, 0.2) is 65.5 Å². The van der Waals surface area contributed by atoms with Gasteiger partial charge in [0.05, 0.1) is 11.1 Å². The molecule has 0 saturated carbocycles. The highest BCUT2D eigenvalue weighted by molar-refractivity contribution is 6.06. The normalized spacial score (nSPS) is 14.7. The number of fused-ring (bicyclic) bond motifs is 1. The van der Waals surface area contributed by atoms with Gasteiger partial charge >= 0.3 is 0 Å². The number of benzene rings is 2. The summed E-state index contributed by atoms with van der Waals surface area (Å²) in [5, 5.41) is 3.79. The van der Waals surface area contributed by atoms with Gasteiger partial charge in [-0.2, -0.15) is 0 Å². The summed E-state index contributed by atoms with van der Waals surface area (Å²) < 4.78 is 1.57. The zero-order valence-electron chi connectivity index (χ0n) is 18.1. The molecule has 0 spiro atoms. The Morgan fingerprint density at radius 1 is 0.935 bits per heavy atom. The minimum absolute atomic E-state index is 0.168. The lowest BCUT2D eigenvalue weighted by Crippen LogP contribution is -2.46. The number of carbonyl (C=O) groups is 1. The first kappa shape index (κ1) is 21.1. The van der Waals surface area contributed by atoms with E-state index >= 15 is 0 Å². The van der Waals surface area contributed by atoms with Crippen LogP contribution in [0.3, 0.4) is 0 Å². The molecule has 2 aromatic carbocycles. The standard InChI is InChI=1S/C25H30N4O2/c1-27-23-12-6-5-11-21(23)22(19-24(27)30)25(31)26-13-7-8-14-28-15-17-29(18-16-28)20-9-3-2-4-10-20/h2-6,9-12,19H,7-8,13-18H2,1H3,(H,26,31). The first-order valence-corrected chi connectivity index (χ1v) is 11.0. The van der Waals surface area contributed by atoms with E-state index in [1.54, 1.807) is 11.6 Å². The van der Waals surface area contributed by atoms with Gasteiger partial charge in [0.25, 0.3) is 11.5 Å². The van der Waals surface area contributed by atoms with Crippen molar-refractivity contribution in [1.82, 2.24) is 14.8 Å². The molecule has 1 saturated heterocycles. The molecule has 1 fully saturated rings. The molecule has 0 radical (unpaired) electrons. The number of aryl methyl sites for hydroxylation is 1. The van der Waals surface area contributed by atoms with Crippen LogP contribution in [0.4, 0.5) is 5.69 Å². The Balaban J connectivity index is 1.22. The predicted octanol–water partition coefficient (Wildman–Crippen LogP) is 2.87. The second-order valence-electron chi connectivity index (χ2n) is 8.10. The van der Waals surface area contributed by atoms with Gasteiger partial charge < -0.3 is 14.8 Å². The van der Waals surface area contributed by atoms with Crippen molar-refractivity contribution in [3.05, 3.63) is 76.6 Å². The summed E-state index contributed by atoms with van der Waals surface area (Å²) in [6.07, 6.45) is 1.97. The van der Waals surface area contributed by atoms with Crippen LogP contribution in [-0.2, 0) is 7.05 Å². The van der Waals surface area contributed by atoms with E-state index < -0.39 is 0 Å². The van der Waals surface area contributed by atoms with E-state index in [0.717, 1.165) is 56.5 Å². The van der Waals surface area contributed by atoms with Crippen molar-refractivity contribution in [1.29, 1.82) is 0 Å². The number of hydrogen-bond acceptors (Lipinski definition) is 4. The van der Waals surface area contributed by atoms with Gasteiger partial charge in [-0.15, -0.1) is 0 Å². The van der Waals surface area contributed by atoms with Gasteiger partial charge in [0, 0.05) is 56.9 Å². The van der Waals surface area contributed by atoms with Crippen molar-refractivity contribution in [2.75, 3.05) is 44.2 Å². The predicted molar refractivity (Wildman–Crippen MR) is 126 cm³/mol. The fourth-order valence-corrected chi connectivity index (χ4v) is 4.22. The molecule has 4 rings (SSSR count). The average molecular weight is 419 g/mol. The molecular formula is C25H30N4O2. The second kappa shape index (κ2) is 9.79. The van der Waals surface area contributed by atoms with Gasteiger partial charge in [0.1, 0.15) is 0 Å². The van der Waals surface area contributed by atoms with Gasteiger partial charge in [0.2, 0.25) is 0 Å². The molecule has 6 nitrogen and oxygen atoms in total. The van der Waals surface area contributed by atoms with Crippen LogP contribution in [0.2, 0.25) is 0 Å². The molecule has 1 aliphatic heterocycles. The maximum Gasteiger partial charge on any atom is 0.252 e. The Hall–Kier alpha value is -3.12.